The third-order valence-electron chi connectivity index (χ3n) is 4.49. The molecule has 0 saturated carbocycles. The molecule has 0 bridgehead atoms. The van der Waals surface area contributed by atoms with Crippen molar-refractivity contribution in [2.24, 2.45) is 0 Å². The molecule has 19 heavy (non-hydrogen) atoms. The Kier molecular flexibility index (Phi) is 5.63. The molecule has 0 aromatic heterocycles. The van der Waals surface area contributed by atoms with E-state index in [1.54, 1.807) is 0 Å². The van der Waals surface area contributed by atoms with Crippen LogP contribution < -0.4 is 5.32 Å². The molecule has 0 unspecified atom stereocenters. The van der Waals surface area contributed by atoms with E-state index in [4.69, 9.17) is 0 Å². The third-order valence-corrected chi connectivity index (χ3v) is 4.49. The van der Waals surface area contributed by atoms with Crippen molar-refractivity contribution < 1.29 is 0 Å². The Morgan fingerprint density at radius 1 is 0.789 bits per heavy atom. The van der Waals surface area contributed by atoms with Crippen LogP contribution in [0.2, 0.25) is 0 Å². The van der Waals surface area contributed by atoms with Crippen molar-refractivity contribution in [1.29, 1.82) is 0 Å². The molecule has 0 aromatic carbocycles. The van der Waals surface area contributed by atoms with Crippen LogP contribution in [0.15, 0.2) is 0 Å². The van der Waals surface area contributed by atoms with Crippen LogP contribution in [0.5, 0.6) is 0 Å². The second-order valence-electron chi connectivity index (χ2n) is 6.94. The summed E-state index contributed by atoms with van der Waals surface area (Å²) in [4.78, 5) is 7.87. The predicted octanol–water partition coefficient (Wildman–Crippen LogP) is 0.698. The van der Waals surface area contributed by atoms with Crippen LogP contribution in [-0.2, 0) is 0 Å². The van der Waals surface area contributed by atoms with Crippen LogP contribution in [0, 0.1) is 0 Å². The van der Waals surface area contributed by atoms with Crippen molar-refractivity contribution in [2.75, 3.05) is 65.4 Å². The topological polar surface area (TPSA) is 21.8 Å². The highest BCUT2D eigenvalue weighted by atomic mass is 15.3. The highest BCUT2D eigenvalue weighted by molar-refractivity contribution is 4.82. The van der Waals surface area contributed by atoms with E-state index in [2.05, 4.69) is 40.8 Å². The molecule has 0 aromatic rings. The van der Waals surface area contributed by atoms with Gasteiger partial charge in [-0.05, 0) is 40.3 Å². The maximum atomic E-state index is 3.48. The van der Waals surface area contributed by atoms with Crippen LogP contribution in [0.1, 0.15) is 27.2 Å². The van der Waals surface area contributed by atoms with Gasteiger partial charge in [0.05, 0.1) is 0 Å². The summed E-state index contributed by atoms with van der Waals surface area (Å²) in [7, 11) is 0. The fraction of sp³-hybridized carbons (Fsp3) is 1.00. The standard InChI is InChI=1S/C15H32N4/c1-15(2,3)19-13-11-18(12-14-19)10-9-17-7-4-5-16-6-8-17/h16H,4-14H2,1-3H3. The second kappa shape index (κ2) is 7.02. The molecule has 0 amide bonds. The molecule has 0 aliphatic carbocycles. The smallest absolute Gasteiger partial charge is 0.0126 e. The van der Waals surface area contributed by atoms with Gasteiger partial charge in [-0.2, -0.15) is 0 Å². The summed E-state index contributed by atoms with van der Waals surface area (Å²) in [6.07, 6.45) is 1.30. The van der Waals surface area contributed by atoms with E-state index in [1.165, 1.54) is 65.3 Å². The van der Waals surface area contributed by atoms with E-state index in [9.17, 15) is 0 Å². The molecule has 2 fully saturated rings. The SMILES string of the molecule is CC(C)(C)N1CCN(CCN2CCCNCC2)CC1. The van der Waals surface area contributed by atoms with E-state index in [0.717, 1.165) is 6.54 Å². The summed E-state index contributed by atoms with van der Waals surface area (Å²) in [5, 5.41) is 3.48. The molecule has 2 aliphatic rings. The van der Waals surface area contributed by atoms with Gasteiger partial charge in [-0.15, -0.1) is 0 Å². The van der Waals surface area contributed by atoms with Crippen LogP contribution >= 0.6 is 0 Å². The number of nitrogens with zero attached hydrogens (tertiary/aromatic N) is 3. The van der Waals surface area contributed by atoms with Crippen molar-refractivity contribution in [3.8, 4) is 0 Å². The van der Waals surface area contributed by atoms with Crippen LogP contribution in [-0.4, -0.2) is 85.7 Å². The summed E-state index contributed by atoms with van der Waals surface area (Å²) in [6, 6.07) is 0. The fourth-order valence-electron chi connectivity index (χ4n) is 3.05. The van der Waals surface area contributed by atoms with Crippen LogP contribution in [0.25, 0.3) is 0 Å². The first-order valence-electron chi connectivity index (χ1n) is 7.96. The van der Waals surface area contributed by atoms with Crippen molar-refractivity contribution in [1.82, 2.24) is 20.0 Å². The van der Waals surface area contributed by atoms with Gasteiger partial charge in [0.1, 0.15) is 0 Å². The predicted molar refractivity (Wildman–Crippen MR) is 81.7 cm³/mol. The maximum absolute atomic E-state index is 3.48. The van der Waals surface area contributed by atoms with Gasteiger partial charge in [-0.25, -0.2) is 0 Å². The fourth-order valence-corrected chi connectivity index (χ4v) is 3.05. The van der Waals surface area contributed by atoms with Crippen LogP contribution in [0.4, 0.5) is 0 Å². The van der Waals surface area contributed by atoms with Gasteiger partial charge < -0.3 is 10.2 Å². The van der Waals surface area contributed by atoms with Gasteiger partial charge in [-0.3, -0.25) is 9.80 Å². The number of rotatable bonds is 3. The first-order valence-corrected chi connectivity index (χ1v) is 7.96. The van der Waals surface area contributed by atoms with Gasteiger partial charge in [0.25, 0.3) is 0 Å². The molecule has 0 atom stereocenters. The number of nitrogens with one attached hydrogen (secondary N) is 1. The number of hydrogen-bond acceptors (Lipinski definition) is 4. The van der Waals surface area contributed by atoms with Gasteiger partial charge in [0.2, 0.25) is 0 Å². The molecule has 2 rings (SSSR count). The lowest BCUT2D eigenvalue weighted by Crippen LogP contribution is -2.54. The highest BCUT2D eigenvalue weighted by Gasteiger charge is 2.25. The molecule has 112 valence electrons. The lowest BCUT2D eigenvalue weighted by Gasteiger charge is -2.42. The van der Waals surface area contributed by atoms with E-state index < -0.39 is 0 Å². The minimum atomic E-state index is 0.336. The summed E-state index contributed by atoms with van der Waals surface area (Å²) >= 11 is 0. The zero-order valence-corrected chi connectivity index (χ0v) is 13.1. The maximum Gasteiger partial charge on any atom is 0.0126 e. The highest BCUT2D eigenvalue weighted by Crippen LogP contribution is 2.15. The lowest BCUT2D eigenvalue weighted by atomic mass is 10.1. The van der Waals surface area contributed by atoms with E-state index in [1.807, 2.05) is 0 Å². The molecular weight excluding hydrogens is 236 g/mol. The Balaban J connectivity index is 1.65. The van der Waals surface area contributed by atoms with Gasteiger partial charge in [-0.1, -0.05) is 0 Å². The molecule has 2 saturated heterocycles. The van der Waals surface area contributed by atoms with Crippen molar-refractivity contribution in [3.63, 3.8) is 0 Å². The molecular formula is C15H32N4. The Hall–Kier alpha value is -0.160. The molecule has 4 heteroatoms. The Bertz CT molecular complexity index is 245. The average Bonchev–Trinajstić information content (AvgIpc) is 2.64. The lowest BCUT2D eigenvalue weighted by molar-refractivity contribution is 0.0578. The van der Waals surface area contributed by atoms with Crippen molar-refractivity contribution in [3.05, 3.63) is 0 Å². The normalized spacial score (nSPS) is 25.4. The largest absolute Gasteiger partial charge is 0.315 e. The monoisotopic (exact) mass is 268 g/mol. The molecule has 4 nitrogen and oxygen atoms in total. The van der Waals surface area contributed by atoms with Crippen molar-refractivity contribution >= 4 is 0 Å². The van der Waals surface area contributed by atoms with Gasteiger partial charge in [0.15, 0.2) is 0 Å². The summed E-state index contributed by atoms with van der Waals surface area (Å²) in [6.45, 7) is 19.3. The summed E-state index contributed by atoms with van der Waals surface area (Å²) < 4.78 is 0. The molecule has 2 aliphatic heterocycles. The number of hydrogen-bond donors (Lipinski definition) is 1. The van der Waals surface area contributed by atoms with Gasteiger partial charge >= 0.3 is 0 Å². The number of piperazine rings is 1. The molecule has 0 spiro atoms. The third kappa shape index (κ3) is 5.03. The molecule has 2 heterocycles. The first kappa shape index (κ1) is 15.2. The van der Waals surface area contributed by atoms with E-state index in [-0.39, 0.29) is 0 Å². The Labute approximate surface area is 119 Å². The van der Waals surface area contributed by atoms with E-state index >= 15 is 0 Å². The Morgan fingerprint density at radius 3 is 2.05 bits per heavy atom. The van der Waals surface area contributed by atoms with Gasteiger partial charge in [0, 0.05) is 57.9 Å². The first-order chi connectivity index (χ1) is 9.05. The minimum Gasteiger partial charge on any atom is -0.315 e. The second-order valence-corrected chi connectivity index (χ2v) is 6.94. The summed E-state index contributed by atoms with van der Waals surface area (Å²) in [5.41, 5.74) is 0.336. The summed E-state index contributed by atoms with van der Waals surface area (Å²) in [5.74, 6) is 0. The quantitative estimate of drug-likeness (QED) is 0.813. The molecule has 0 radical (unpaired) electrons. The van der Waals surface area contributed by atoms with Crippen molar-refractivity contribution in [2.45, 2.75) is 32.7 Å². The minimum absolute atomic E-state index is 0.336. The molecule has 1 N–H and O–H groups in total. The Morgan fingerprint density at radius 2 is 1.42 bits per heavy atom. The van der Waals surface area contributed by atoms with Crippen LogP contribution in [0.3, 0.4) is 0 Å². The van der Waals surface area contributed by atoms with E-state index in [0.29, 0.717) is 5.54 Å². The zero-order chi connectivity index (χ0) is 13.7. The average molecular weight is 268 g/mol. The zero-order valence-electron chi connectivity index (χ0n) is 13.1.